The summed E-state index contributed by atoms with van der Waals surface area (Å²) in [5, 5.41) is 8.46. The van der Waals surface area contributed by atoms with Crippen LogP contribution in [0.1, 0.15) is 11.4 Å². The zero-order valence-corrected chi connectivity index (χ0v) is 8.69. The third-order valence-electron chi connectivity index (χ3n) is 2.38. The summed E-state index contributed by atoms with van der Waals surface area (Å²) in [5.41, 5.74) is 2.83. The molecule has 2 aromatic rings. The maximum Gasteiger partial charge on any atom is 0.180 e. The van der Waals surface area contributed by atoms with Gasteiger partial charge in [0.1, 0.15) is 6.07 Å². The Morgan fingerprint density at radius 1 is 1.53 bits per heavy atom. The van der Waals surface area contributed by atoms with E-state index in [9.17, 15) is 0 Å². The van der Waals surface area contributed by atoms with Crippen LogP contribution in [0.25, 0.3) is 5.65 Å². The minimum Gasteiger partial charge on any atom is -0.475 e. The molecule has 0 saturated carbocycles. The maximum absolute atomic E-state index is 8.46. The van der Waals surface area contributed by atoms with E-state index in [1.807, 2.05) is 42.6 Å². The largest absolute Gasteiger partial charge is 0.475 e. The molecule has 0 aliphatic rings. The normalized spacial score (nSPS) is 10.2. The average Bonchev–Trinajstić information content (AvgIpc) is 2.53. The van der Waals surface area contributed by atoms with Crippen LogP contribution in [0.2, 0.25) is 0 Å². The number of rotatable bonds is 2. The molecule has 2 heterocycles. The van der Waals surface area contributed by atoms with Gasteiger partial charge in [0.25, 0.3) is 0 Å². The lowest BCUT2D eigenvalue weighted by molar-refractivity contribution is 0.370. The monoisotopic (exact) mass is 201 g/mol. The molecule has 2 aromatic heterocycles. The quantitative estimate of drug-likeness (QED) is 0.745. The summed E-state index contributed by atoms with van der Waals surface area (Å²) in [5.74, 6) is 0.648. The Morgan fingerprint density at radius 2 is 2.33 bits per heavy atom. The molecular weight excluding hydrogens is 190 g/mol. The molecular formula is C11H11N3O. The van der Waals surface area contributed by atoms with E-state index >= 15 is 0 Å². The maximum atomic E-state index is 8.46. The highest BCUT2D eigenvalue weighted by Gasteiger charge is 2.08. The van der Waals surface area contributed by atoms with Gasteiger partial charge in [-0.2, -0.15) is 5.26 Å². The first-order valence-electron chi connectivity index (χ1n) is 4.68. The van der Waals surface area contributed by atoms with Gasteiger partial charge in [0.2, 0.25) is 0 Å². The topological polar surface area (TPSA) is 50.3 Å². The first-order valence-corrected chi connectivity index (χ1v) is 4.68. The van der Waals surface area contributed by atoms with E-state index in [2.05, 4.69) is 4.98 Å². The highest BCUT2D eigenvalue weighted by atomic mass is 16.5. The summed E-state index contributed by atoms with van der Waals surface area (Å²) in [6.45, 7) is 4.00. The van der Waals surface area contributed by atoms with Crippen molar-refractivity contribution in [3.05, 3.63) is 29.7 Å². The van der Waals surface area contributed by atoms with Crippen LogP contribution in [-0.4, -0.2) is 16.0 Å². The minimum atomic E-state index is 0.0463. The fraction of sp³-hybridized carbons (Fsp3) is 0.273. The van der Waals surface area contributed by atoms with Crippen molar-refractivity contribution < 1.29 is 4.74 Å². The Hall–Kier alpha value is -2.02. The number of aryl methyl sites for hydroxylation is 2. The summed E-state index contributed by atoms with van der Waals surface area (Å²) in [6, 6.07) is 5.64. The number of imidazole rings is 1. The Kier molecular flexibility index (Phi) is 2.30. The van der Waals surface area contributed by atoms with E-state index in [0.29, 0.717) is 5.75 Å². The van der Waals surface area contributed by atoms with Crippen molar-refractivity contribution in [2.24, 2.45) is 0 Å². The predicted molar refractivity (Wildman–Crippen MR) is 55.8 cm³/mol. The Morgan fingerprint density at radius 3 is 3.07 bits per heavy atom. The molecule has 4 nitrogen and oxygen atoms in total. The second-order valence-electron chi connectivity index (χ2n) is 3.30. The highest BCUT2D eigenvalue weighted by molar-refractivity contribution is 5.55. The van der Waals surface area contributed by atoms with Gasteiger partial charge in [-0.1, -0.05) is 0 Å². The molecule has 76 valence electrons. The molecule has 0 aliphatic carbocycles. The summed E-state index contributed by atoms with van der Waals surface area (Å²) >= 11 is 0. The molecule has 0 unspecified atom stereocenters. The van der Waals surface area contributed by atoms with Crippen LogP contribution >= 0.6 is 0 Å². The van der Waals surface area contributed by atoms with Gasteiger partial charge in [-0.25, -0.2) is 4.98 Å². The summed E-state index contributed by atoms with van der Waals surface area (Å²) in [6.07, 6.45) is 1.93. The first kappa shape index (κ1) is 9.53. The van der Waals surface area contributed by atoms with E-state index in [1.54, 1.807) is 0 Å². The number of hydrogen-bond acceptors (Lipinski definition) is 3. The van der Waals surface area contributed by atoms with Crippen LogP contribution in [-0.2, 0) is 0 Å². The number of nitriles is 1. The first-order chi connectivity index (χ1) is 7.24. The number of aromatic nitrogens is 2. The molecule has 2 rings (SSSR count). The molecule has 15 heavy (non-hydrogen) atoms. The second-order valence-corrected chi connectivity index (χ2v) is 3.30. The van der Waals surface area contributed by atoms with Gasteiger partial charge >= 0.3 is 0 Å². The lowest BCUT2D eigenvalue weighted by Gasteiger charge is -2.03. The van der Waals surface area contributed by atoms with Crippen LogP contribution < -0.4 is 4.74 Å². The van der Waals surface area contributed by atoms with Crippen LogP contribution in [0.4, 0.5) is 0 Å². The fourth-order valence-corrected chi connectivity index (χ4v) is 1.50. The van der Waals surface area contributed by atoms with Crippen molar-refractivity contribution >= 4 is 5.65 Å². The van der Waals surface area contributed by atoms with Gasteiger partial charge in [0, 0.05) is 11.9 Å². The van der Waals surface area contributed by atoms with Crippen molar-refractivity contribution in [3.8, 4) is 11.8 Å². The molecule has 0 aliphatic heterocycles. The number of fused-ring (bicyclic) bond motifs is 1. The average molecular weight is 201 g/mol. The molecule has 0 saturated heterocycles. The molecule has 0 amide bonds. The summed E-state index contributed by atoms with van der Waals surface area (Å²) < 4.78 is 7.25. The third kappa shape index (κ3) is 1.52. The van der Waals surface area contributed by atoms with Crippen LogP contribution in [0.5, 0.6) is 5.75 Å². The van der Waals surface area contributed by atoms with E-state index in [1.165, 1.54) is 0 Å². The van der Waals surface area contributed by atoms with Gasteiger partial charge in [0.15, 0.2) is 18.0 Å². The van der Waals surface area contributed by atoms with E-state index < -0.39 is 0 Å². The zero-order valence-electron chi connectivity index (χ0n) is 8.69. The molecule has 0 spiro atoms. The zero-order chi connectivity index (χ0) is 10.8. The van der Waals surface area contributed by atoms with Gasteiger partial charge in [0.05, 0.1) is 5.69 Å². The van der Waals surface area contributed by atoms with E-state index in [4.69, 9.17) is 10.00 Å². The molecule has 0 bridgehead atoms. The van der Waals surface area contributed by atoms with Crippen molar-refractivity contribution in [1.82, 2.24) is 9.38 Å². The number of ether oxygens (including phenoxy) is 1. The van der Waals surface area contributed by atoms with Crippen molar-refractivity contribution in [1.29, 1.82) is 5.26 Å². The molecule has 0 aromatic carbocycles. The lowest BCUT2D eigenvalue weighted by atomic mass is 10.4. The molecule has 0 atom stereocenters. The van der Waals surface area contributed by atoms with Crippen molar-refractivity contribution in [2.75, 3.05) is 6.61 Å². The third-order valence-corrected chi connectivity index (χ3v) is 2.38. The molecule has 4 heteroatoms. The van der Waals surface area contributed by atoms with Gasteiger partial charge in [-0.3, -0.25) is 0 Å². The number of nitrogens with zero attached hydrogens (tertiary/aromatic N) is 3. The fourth-order valence-electron chi connectivity index (χ4n) is 1.50. The summed E-state index contributed by atoms with van der Waals surface area (Å²) in [4.78, 5) is 4.39. The molecule has 0 N–H and O–H groups in total. The van der Waals surface area contributed by atoms with Crippen LogP contribution in [0, 0.1) is 25.2 Å². The highest BCUT2D eigenvalue weighted by Crippen LogP contribution is 2.21. The predicted octanol–water partition coefficient (Wildman–Crippen LogP) is 1.85. The molecule has 0 fully saturated rings. The van der Waals surface area contributed by atoms with Gasteiger partial charge in [-0.05, 0) is 26.0 Å². The summed E-state index contributed by atoms with van der Waals surface area (Å²) in [7, 11) is 0. The molecule has 0 radical (unpaired) electrons. The van der Waals surface area contributed by atoms with E-state index in [0.717, 1.165) is 17.0 Å². The SMILES string of the molecule is Cc1nc2c(OCC#N)cccn2c1C. The smallest absolute Gasteiger partial charge is 0.180 e. The van der Waals surface area contributed by atoms with Crippen LogP contribution in [0.15, 0.2) is 18.3 Å². The Bertz CT molecular complexity index is 536. The second kappa shape index (κ2) is 3.62. The Labute approximate surface area is 87.7 Å². The Balaban J connectivity index is 2.57. The van der Waals surface area contributed by atoms with Crippen LogP contribution in [0.3, 0.4) is 0 Å². The number of pyridine rings is 1. The van der Waals surface area contributed by atoms with Crippen molar-refractivity contribution in [2.45, 2.75) is 13.8 Å². The standard InChI is InChI=1S/C11H11N3O/c1-8-9(2)14-6-3-4-10(11(14)13-8)15-7-5-12/h3-4,6H,7H2,1-2H3. The van der Waals surface area contributed by atoms with E-state index in [-0.39, 0.29) is 6.61 Å². The minimum absolute atomic E-state index is 0.0463. The van der Waals surface area contributed by atoms with Gasteiger partial charge in [-0.15, -0.1) is 0 Å². The van der Waals surface area contributed by atoms with Crippen molar-refractivity contribution in [3.63, 3.8) is 0 Å². The van der Waals surface area contributed by atoms with Gasteiger partial charge < -0.3 is 9.14 Å². The lowest BCUT2D eigenvalue weighted by Crippen LogP contribution is -1.96. The number of hydrogen-bond donors (Lipinski definition) is 0.